The fraction of sp³-hybridized carbons (Fsp3) is 0.0741. The molecule has 0 aliphatic carbocycles. The van der Waals surface area contributed by atoms with Gasteiger partial charge in [-0.3, -0.25) is 0 Å². The molecule has 0 fully saturated rings. The van der Waals surface area contributed by atoms with E-state index in [4.69, 9.17) is 4.74 Å². The van der Waals surface area contributed by atoms with Gasteiger partial charge in [0.1, 0.15) is 0 Å². The van der Waals surface area contributed by atoms with Crippen LogP contribution in [0.2, 0.25) is 0 Å². The fourth-order valence-corrected chi connectivity index (χ4v) is 3.48. The van der Waals surface area contributed by atoms with Gasteiger partial charge in [0.15, 0.2) is 0 Å². The number of carbonyl (C=O) groups excluding carboxylic acids is 1. The molecule has 0 N–H and O–H groups in total. The molecule has 0 saturated carbocycles. The highest BCUT2D eigenvalue weighted by molar-refractivity contribution is 5.90. The summed E-state index contributed by atoms with van der Waals surface area (Å²) in [6.07, 6.45) is -4.34. The average molecular weight is 432 g/mol. The van der Waals surface area contributed by atoms with E-state index >= 15 is 0 Å². The Morgan fingerprint density at radius 1 is 0.562 bits per heavy atom. The third-order valence-electron chi connectivity index (χ3n) is 5.29. The van der Waals surface area contributed by atoms with Gasteiger partial charge in [-0.05, 0) is 57.6 Å². The third kappa shape index (κ3) is 4.57. The van der Waals surface area contributed by atoms with Gasteiger partial charge in [-0.25, -0.2) is 4.79 Å². The number of ether oxygens (including phenoxy) is 1. The van der Waals surface area contributed by atoms with Crippen molar-refractivity contribution >= 4 is 5.97 Å². The van der Waals surface area contributed by atoms with Crippen LogP contribution >= 0.6 is 0 Å². The zero-order valence-corrected chi connectivity index (χ0v) is 17.2. The minimum absolute atomic E-state index is 0.369. The normalized spacial score (nSPS) is 11.2. The van der Waals surface area contributed by atoms with Gasteiger partial charge in [0.2, 0.25) is 0 Å². The number of carbonyl (C=O) groups is 1. The summed E-state index contributed by atoms with van der Waals surface area (Å²) in [5.74, 6) is -0.369. The Hall–Kier alpha value is -3.86. The lowest BCUT2D eigenvalue weighted by atomic mass is 9.97. The monoisotopic (exact) mass is 432 g/mol. The van der Waals surface area contributed by atoms with Gasteiger partial charge in [-0.2, -0.15) is 13.2 Å². The number of rotatable bonds is 4. The van der Waals surface area contributed by atoms with E-state index in [2.05, 4.69) is 0 Å². The number of halogens is 3. The van der Waals surface area contributed by atoms with Crippen LogP contribution in [0, 0.1) is 0 Å². The van der Waals surface area contributed by atoms with Crippen molar-refractivity contribution in [1.29, 1.82) is 0 Å². The smallest absolute Gasteiger partial charge is 0.416 e. The molecule has 160 valence electrons. The number of esters is 1. The van der Waals surface area contributed by atoms with E-state index in [1.807, 2.05) is 60.7 Å². The van der Waals surface area contributed by atoms with Gasteiger partial charge >= 0.3 is 12.1 Å². The fourth-order valence-electron chi connectivity index (χ4n) is 3.48. The second kappa shape index (κ2) is 8.71. The van der Waals surface area contributed by atoms with E-state index in [0.717, 1.165) is 45.5 Å². The zero-order chi connectivity index (χ0) is 22.7. The van der Waals surface area contributed by atoms with Gasteiger partial charge < -0.3 is 4.74 Å². The molecular weight excluding hydrogens is 413 g/mol. The minimum Gasteiger partial charge on any atom is -0.465 e. The maximum atomic E-state index is 12.7. The van der Waals surface area contributed by atoms with Gasteiger partial charge in [0.05, 0.1) is 18.2 Å². The molecule has 5 heteroatoms. The number of hydrogen-bond acceptors (Lipinski definition) is 2. The van der Waals surface area contributed by atoms with Crippen LogP contribution in [0.1, 0.15) is 15.9 Å². The molecule has 0 radical (unpaired) electrons. The van der Waals surface area contributed by atoms with Crippen molar-refractivity contribution in [1.82, 2.24) is 0 Å². The summed E-state index contributed by atoms with van der Waals surface area (Å²) in [5.41, 5.74) is 5.47. The van der Waals surface area contributed by atoms with Crippen molar-refractivity contribution in [3.05, 3.63) is 108 Å². The molecule has 4 aromatic rings. The van der Waals surface area contributed by atoms with E-state index in [-0.39, 0.29) is 5.97 Å². The molecule has 2 nitrogen and oxygen atoms in total. The Morgan fingerprint density at radius 2 is 0.844 bits per heavy atom. The zero-order valence-electron chi connectivity index (χ0n) is 17.2. The molecule has 0 heterocycles. The third-order valence-corrected chi connectivity index (χ3v) is 5.29. The predicted octanol–water partition coefficient (Wildman–Crippen LogP) is 7.49. The largest absolute Gasteiger partial charge is 0.465 e. The van der Waals surface area contributed by atoms with Crippen molar-refractivity contribution in [3.8, 4) is 33.4 Å². The highest BCUT2D eigenvalue weighted by Gasteiger charge is 2.29. The first-order chi connectivity index (χ1) is 15.3. The molecule has 4 rings (SSSR count). The number of alkyl halides is 3. The van der Waals surface area contributed by atoms with Crippen molar-refractivity contribution in [2.24, 2.45) is 0 Å². The van der Waals surface area contributed by atoms with E-state index in [1.165, 1.54) is 19.2 Å². The molecule has 0 aliphatic heterocycles. The van der Waals surface area contributed by atoms with Crippen LogP contribution in [0.5, 0.6) is 0 Å². The molecule has 0 spiro atoms. The van der Waals surface area contributed by atoms with Crippen LogP contribution in [-0.4, -0.2) is 13.1 Å². The lowest BCUT2D eigenvalue weighted by Crippen LogP contribution is -2.03. The van der Waals surface area contributed by atoms with Crippen LogP contribution in [-0.2, 0) is 10.9 Å². The summed E-state index contributed by atoms with van der Waals surface area (Å²) < 4.78 is 43.0. The summed E-state index contributed by atoms with van der Waals surface area (Å²) in [6, 6.07) is 28.1. The molecule has 0 aliphatic rings. The highest BCUT2D eigenvalue weighted by Crippen LogP contribution is 2.32. The standard InChI is InChI=1S/C27H19F3O2/c1-32-26(31)24-12-10-22(11-13-24)20-4-2-18(3-5-20)19-6-8-21(9-7-19)23-14-16-25(17-15-23)27(28,29)30/h2-17H,1H3. The molecule has 0 atom stereocenters. The Kier molecular flexibility index (Phi) is 5.82. The Labute approximate surface area is 183 Å². The van der Waals surface area contributed by atoms with Crippen LogP contribution in [0.25, 0.3) is 33.4 Å². The second-order valence-corrected chi connectivity index (χ2v) is 7.30. The van der Waals surface area contributed by atoms with Crippen molar-refractivity contribution in [2.45, 2.75) is 6.18 Å². The summed E-state index contributed by atoms with van der Waals surface area (Å²) >= 11 is 0. The molecular formula is C27H19F3O2. The average Bonchev–Trinajstić information content (AvgIpc) is 2.83. The number of methoxy groups -OCH3 is 1. The summed E-state index contributed by atoms with van der Waals surface area (Å²) in [5, 5.41) is 0. The summed E-state index contributed by atoms with van der Waals surface area (Å²) in [7, 11) is 1.35. The molecule has 0 amide bonds. The first-order valence-corrected chi connectivity index (χ1v) is 9.92. The molecule has 4 aromatic carbocycles. The molecule has 0 saturated heterocycles. The Morgan fingerprint density at radius 3 is 1.12 bits per heavy atom. The van der Waals surface area contributed by atoms with Crippen molar-refractivity contribution in [2.75, 3.05) is 7.11 Å². The lowest BCUT2D eigenvalue weighted by molar-refractivity contribution is -0.137. The first-order valence-electron chi connectivity index (χ1n) is 9.92. The quantitative estimate of drug-likeness (QED) is 0.312. The van der Waals surface area contributed by atoms with Gasteiger partial charge in [-0.15, -0.1) is 0 Å². The predicted molar refractivity (Wildman–Crippen MR) is 119 cm³/mol. The van der Waals surface area contributed by atoms with E-state index in [9.17, 15) is 18.0 Å². The summed E-state index contributed by atoms with van der Waals surface area (Å²) in [6.45, 7) is 0. The Bertz CT molecular complexity index is 1210. The topological polar surface area (TPSA) is 26.3 Å². The molecule has 32 heavy (non-hydrogen) atoms. The highest BCUT2D eigenvalue weighted by atomic mass is 19.4. The van der Waals surface area contributed by atoms with E-state index in [0.29, 0.717) is 5.56 Å². The summed E-state index contributed by atoms with van der Waals surface area (Å²) in [4.78, 5) is 11.6. The Balaban J connectivity index is 1.50. The maximum Gasteiger partial charge on any atom is 0.416 e. The second-order valence-electron chi connectivity index (χ2n) is 7.30. The van der Waals surface area contributed by atoms with Crippen LogP contribution in [0.15, 0.2) is 97.1 Å². The van der Waals surface area contributed by atoms with Crippen LogP contribution in [0.4, 0.5) is 13.2 Å². The lowest BCUT2D eigenvalue weighted by Gasteiger charge is -2.09. The van der Waals surface area contributed by atoms with E-state index < -0.39 is 11.7 Å². The van der Waals surface area contributed by atoms with Gasteiger partial charge in [0, 0.05) is 0 Å². The van der Waals surface area contributed by atoms with E-state index in [1.54, 1.807) is 12.1 Å². The molecule has 0 unspecified atom stereocenters. The van der Waals surface area contributed by atoms with Crippen LogP contribution in [0.3, 0.4) is 0 Å². The van der Waals surface area contributed by atoms with Crippen molar-refractivity contribution in [3.63, 3.8) is 0 Å². The van der Waals surface area contributed by atoms with Crippen molar-refractivity contribution < 1.29 is 22.7 Å². The molecule has 0 aromatic heterocycles. The van der Waals surface area contributed by atoms with Gasteiger partial charge in [0.25, 0.3) is 0 Å². The first kappa shape index (κ1) is 21.4. The van der Waals surface area contributed by atoms with Crippen LogP contribution < -0.4 is 0 Å². The SMILES string of the molecule is COC(=O)c1ccc(-c2ccc(-c3ccc(-c4ccc(C(F)(F)F)cc4)cc3)cc2)cc1. The van der Waals surface area contributed by atoms with Gasteiger partial charge in [-0.1, -0.05) is 72.8 Å². The number of hydrogen-bond donors (Lipinski definition) is 0. The number of benzene rings is 4. The maximum absolute atomic E-state index is 12.7. The minimum atomic E-state index is -4.34. The molecule has 0 bridgehead atoms.